The topological polar surface area (TPSA) is 59.0 Å². The van der Waals surface area contributed by atoms with E-state index in [0.29, 0.717) is 25.3 Å². The Kier molecular flexibility index (Phi) is 7.40. The number of amides is 1. The number of rotatable bonds is 7. The van der Waals surface area contributed by atoms with Crippen molar-refractivity contribution in [2.45, 2.75) is 25.7 Å². The quantitative estimate of drug-likeness (QED) is 0.791. The minimum absolute atomic E-state index is 0. The highest BCUT2D eigenvalue weighted by atomic mass is 35.5. The van der Waals surface area contributed by atoms with E-state index >= 15 is 0 Å². The number of halogens is 2. The summed E-state index contributed by atoms with van der Waals surface area (Å²) in [5, 5.41) is 10.7. The number of benzene rings is 1. The number of hydrogen-bond acceptors (Lipinski definition) is 3. The zero-order valence-corrected chi connectivity index (χ0v) is 14.9. The van der Waals surface area contributed by atoms with E-state index in [0.717, 1.165) is 30.9 Å². The summed E-state index contributed by atoms with van der Waals surface area (Å²) < 4.78 is 14.7. The molecule has 1 atom stereocenters. The number of hydrogen-bond donors (Lipinski definition) is 2. The summed E-state index contributed by atoms with van der Waals surface area (Å²) in [6, 6.07) is 8.12. The van der Waals surface area contributed by atoms with E-state index in [9.17, 15) is 9.18 Å². The van der Waals surface area contributed by atoms with Gasteiger partial charge in [0.05, 0.1) is 11.4 Å². The van der Waals surface area contributed by atoms with E-state index in [1.807, 2.05) is 12.3 Å². The van der Waals surface area contributed by atoms with Crippen LogP contribution in [0.2, 0.25) is 0 Å². The molecule has 1 saturated heterocycles. The normalized spacial score (nSPS) is 16.4. The highest BCUT2D eigenvalue weighted by molar-refractivity contribution is 5.85. The number of carbonyl (C=O) groups excluding carboxylic acids is 1. The number of nitrogens with one attached hydrogen (secondary N) is 2. The molecule has 1 amide bonds. The number of carbonyl (C=O) groups is 1. The van der Waals surface area contributed by atoms with Crippen LogP contribution in [-0.2, 0) is 11.2 Å². The van der Waals surface area contributed by atoms with Gasteiger partial charge in [0.2, 0.25) is 5.91 Å². The molecule has 0 saturated carbocycles. The first-order valence-electron chi connectivity index (χ1n) is 8.48. The van der Waals surface area contributed by atoms with Gasteiger partial charge in [-0.15, -0.1) is 12.4 Å². The molecule has 3 rings (SSSR count). The van der Waals surface area contributed by atoms with Gasteiger partial charge in [0, 0.05) is 25.6 Å². The van der Waals surface area contributed by atoms with Crippen molar-refractivity contribution >= 4 is 18.3 Å². The van der Waals surface area contributed by atoms with Gasteiger partial charge in [0.1, 0.15) is 5.82 Å². The molecule has 1 aliphatic heterocycles. The lowest BCUT2D eigenvalue weighted by atomic mass is 10.0. The van der Waals surface area contributed by atoms with Gasteiger partial charge >= 0.3 is 0 Å². The Balaban J connectivity index is 0.00000225. The smallest absolute Gasteiger partial charge is 0.220 e. The van der Waals surface area contributed by atoms with E-state index in [1.54, 1.807) is 16.8 Å². The Morgan fingerprint density at radius 3 is 2.84 bits per heavy atom. The highest BCUT2D eigenvalue weighted by Gasteiger charge is 2.15. The average Bonchev–Trinajstić information content (AvgIpc) is 3.25. The minimum atomic E-state index is -0.262. The van der Waals surface area contributed by atoms with Crippen molar-refractivity contribution in [3.63, 3.8) is 0 Å². The molecule has 2 heterocycles. The molecular weight excluding hydrogens is 343 g/mol. The van der Waals surface area contributed by atoms with Gasteiger partial charge in [0.25, 0.3) is 0 Å². The summed E-state index contributed by atoms with van der Waals surface area (Å²) in [6.07, 6.45) is 5.25. The Morgan fingerprint density at radius 2 is 2.12 bits per heavy atom. The third kappa shape index (κ3) is 5.83. The Morgan fingerprint density at radius 1 is 1.32 bits per heavy atom. The maximum absolute atomic E-state index is 12.9. The average molecular weight is 367 g/mol. The van der Waals surface area contributed by atoms with Crippen molar-refractivity contribution < 1.29 is 9.18 Å². The second-order valence-electron chi connectivity index (χ2n) is 6.23. The van der Waals surface area contributed by atoms with Crippen LogP contribution in [0.1, 0.15) is 25.0 Å². The molecule has 0 bridgehead atoms. The molecule has 0 spiro atoms. The largest absolute Gasteiger partial charge is 0.356 e. The predicted molar refractivity (Wildman–Crippen MR) is 97.7 cm³/mol. The zero-order valence-electron chi connectivity index (χ0n) is 14.1. The van der Waals surface area contributed by atoms with Crippen LogP contribution in [0.5, 0.6) is 0 Å². The lowest BCUT2D eigenvalue weighted by Crippen LogP contribution is -2.26. The van der Waals surface area contributed by atoms with Gasteiger partial charge in [0.15, 0.2) is 0 Å². The summed E-state index contributed by atoms with van der Waals surface area (Å²) in [6.45, 7) is 2.69. The van der Waals surface area contributed by atoms with Crippen molar-refractivity contribution in [2.24, 2.45) is 5.92 Å². The molecule has 7 heteroatoms. The SMILES string of the molecule is Cl.O=C(CCC1CCNC1)NCCc1ccn(-c2ccc(F)cc2)n1. The Hall–Kier alpha value is -1.92. The third-order valence-corrected chi connectivity index (χ3v) is 4.38. The molecule has 2 N–H and O–H groups in total. The molecular formula is C18H24ClFN4O. The van der Waals surface area contributed by atoms with E-state index in [2.05, 4.69) is 15.7 Å². The van der Waals surface area contributed by atoms with E-state index in [4.69, 9.17) is 0 Å². The van der Waals surface area contributed by atoms with Gasteiger partial charge in [-0.1, -0.05) is 0 Å². The molecule has 2 aromatic rings. The van der Waals surface area contributed by atoms with Crippen LogP contribution in [0.3, 0.4) is 0 Å². The fourth-order valence-electron chi connectivity index (χ4n) is 2.95. The van der Waals surface area contributed by atoms with E-state index in [-0.39, 0.29) is 24.1 Å². The second-order valence-corrected chi connectivity index (χ2v) is 6.23. The molecule has 1 fully saturated rings. The first-order chi connectivity index (χ1) is 11.7. The fraction of sp³-hybridized carbons (Fsp3) is 0.444. The van der Waals surface area contributed by atoms with Gasteiger partial charge in [-0.2, -0.15) is 5.10 Å². The molecule has 25 heavy (non-hydrogen) atoms. The van der Waals surface area contributed by atoms with Gasteiger partial charge < -0.3 is 10.6 Å². The molecule has 0 radical (unpaired) electrons. The standard InChI is InChI=1S/C18H23FN4O.ClH/c19-15-2-4-17(5-3-15)23-12-9-16(22-23)8-11-21-18(24)6-1-14-7-10-20-13-14;/h2-5,9,12,14,20H,1,6-8,10-11,13H2,(H,21,24);1H. The Bertz CT molecular complexity index is 668. The summed E-state index contributed by atoms with van der Waals surface area (Å²) in [7, 11) is 0. The van der Waals surface area contributed by atoms with Gasteiger partial charge in [-0.3, -0.25) is 4.79 Å². The molecule has 1 aromatic heterocycles. The van der Waals surface area contributed by atoms with Crippen molar-refractivity contribution in [3.8, 4) is 5.69 Å². The highest BCUT2D eigenvalue weighted by Crippen LogP contribution is 2.14. The molecule has 5 nitrogen and oxygen atoms in total. The predicted octanol–water partition coefficient (Wildman–Crippen LogP) is 2.48. The zero-order chi connectivity index (χ0) is 16.8. The third-order valence-electron chi connectivity index (χ3n) is 4.38. The first kappa shape index (κ1) is 19.4. The van der Waals surface area contributed by atoms with Crippen LogP contribution in [0, 0.1) is 11.7 Å². The van der Waals surface area contributed by atoms with Crippen molar-refractivity contribution in [2.75, 3.05) is 19.6 Å². The van der Waals surface area contributed by atoms with E-state index in [1.165, 1.54) is 18.6 Å². The van der Waals surface area contributed by atoms with Gasteiger partial charge in [-0.05, 0) is 62.2 Å². The van der Waals surface area contributed by atoms with Crippen molar-refractivity contribution in [1.29, 1.82) is 0 Å². The van der Waals surface area contributed by atoms with Crippen molar-refractivity contribution in [1.82, 2.24) is 20.4 Å². The first-order valence-corrected chi connectivity index (χ1v) is 8.48. The van der Waals surface area contributed by atoms with Crippen LogP contribution >= 0.6 is 12.4 Å². The number of nitrogens with zero attached hydrogens (tertiary/aromatic N) is 2. The summed E-state index contributed by atoms with van der Waals surface area (Å²) >= 11 is 0. The molecule has 1 unspecified atom stereocenters. The van der Waals surface area contributed by atoms with Gasteiger partial charge in [-0.25, -0.2) is 9.07 Å². The van der Waals surface area contributed by atoms with Crippen LogP contribution in [-0.4, -0.2) is 35.3 Å². The monoisotopic (exact) mass is 366 g/mol. The maximum Gasteiger partial charge on any atom is 0.220 e. The van der Waals surface area contributed by atoms with Crippen molar-refractivity contribution in [3.05, 3.63) is 48.0 Å². The second kappa shape index (κ2) is 9.53. The summed E-state index contributed by atoms with van der Waals surface area (Å²) in [5.74, 6) is 0.490. The van der Waals surface area contributed by atoms with Crippen LogP contribution < -0.4 is 10.6 Å². The van der Waals surface area contributed by atoms with Crippen LogP contribution in [0.15, 0.2) is 36.5 Å². The Labute approximate surface area is 153 Å². The maximum atomic E-state index is 12.9. The molecule has 1 aliphatic rings. The molecule has 0 aliphatic carbocycles. The molecule has 136 valence electrons. The summed E-state index contributed by atoms with van der Waals surface area (Å²) in [5.41, 5.74) is 1.72. The minimum Gasteiger partial charge on any atom is -0.356 e. The lowest BCUT2D eigenvalue weighted by Gasteiger charge is -2.08. The van der Waals surface area contributed by atoms with Crippen LogP contribution in [0.4, 0.5) is 4.39 Å². The summed E-state index contributed by atoms with van der Waals surface area (Å²) in [4.78, 5) is 11.9. The van der Waals surface area contributed by atoms with Crippen LogP contribution in [0.25, 0.3) is 5.69 Å². The fourth-order valence-corrected chi connectivity index (χ4v) is 2.95. The molecule has 1 aromatic carbocycles. The number of aromatic nitrogens is 2. The lowest BCUT2D eigenvalue weighted by molar-refractivity contribution is -0.121. The van der Waals surface area contributed by atoms with E-state index < -0.39 is 0 Å².